The van der Waals surface area contributed by atoms with Crippen molar-refractivity contribution < 1.29 is 31.5 Å². The van der Waals surface area contributed by atoms with Gasteiger partial charge in [0, 0.05) is 12.3 Å². The minimum atomic E-state index is -5.01. The van der Waals surface area contributed by atoms with Gasteiger partial charge in [-0.15, -0.1) is 0 Å². The summed E-state index contributed by atoms with van der Waals surface area (Å²) in [6.45, 7) is 1.24. The molecule has 1 unspecified atom stereocenters. The summed E-state index contributed by atoms with van der Waals surface area (Å²) in [5.74, 6) is -2.84. The zero-order valence-electron chi connectivity index (χ0n) is 9.34. The highest BCUT2D eigenvalue weighted by molar-refractivity contribution is 7.91. The Morgan fingerprint density at radius 3 is 2.12 bits per heavy atom. The van der Waals surface area contributed by atoms with E-state index in [0.717, 1.165) is 0 Å². The summed E-state index contributed by atoms with van der Waals surface area (Å²) in [5.41, 5.74) is -3.14. The number of hydrogen-bond acceptors (Lipinski definition) is 4. The molecule has 0 saturated carbocycles. The number of nitrogens with one attached hydrogen (secondary N) is 1. The lowest BCUT2D eigenvalue weighted by Crippen LogP contribution is -2.60. The Morgan fingerprint density at radius 2 is 1.82 bits per heavy atom. The number of aliphatic carboxylic acids is 1. The van der Waals surface area contributed by atoms with Crippen LogP contribution < -0.4 is 5.32 Å². The fraction of sp³-hybridized carbons (Fsp3) is 0.875. The van der Waals surface area contributed by atoms with E-state index < -0.39 is 39.8 Å². The van der Waals surface area contributed by atoms with Crippen molar-refractivity contribution in [3.05, 3.63) is 0 Å². The molecule has 0 aromatic heterocycles. The van der Waals surface area contributed by atoms with Gasteiger partial charge >= 0.3 is 12.1 Å². The Balaban J connectivity index is 4.68. The van der Waals surface area contributed by atoms with Crippen molar-refractivity contribution in [2.45, 2.75) is 25.6 Å². The van der Waals surface area contributed by atoms with Gasteiger partial charge in [0.25, 0.3) is 0 Å². The van der Waals surface area contributed by atoms with E-state index in [2.05, 4.69) is 0 Å². The van der Waals surface area contributed by atoms with Crippen LogP contribution in [0.4, 0.5) is 13.2 Å². The van der Waals surface area contributed by atoms with Gasteiger partial charge in [0.15, 0.2) is 9.84 Å². The van der Waals surface area contributed by atoms with E-state index in [9.17, 15) is 26.4 Å². The standard InChI is InChI=1S/C8H14F3NO4S/c1-3-17(15,16)5-4-12-7(2,6(13)14)8(9,10)11/h12H,3-5H2,1-2H3,(H,13,14). The highest BCUT2D eigenvalue weighted by Gasteiger charge is 2.57. The van der Waals surface area contributed by atoms with E-state index in [1.54, 1.807) is 5.32 Å². The third-order valence-electron chi connectivity index (χ3n) is 2.33. The van der Waals surface area contributed by atoms with Crippen molar-refractivity contribution in [3.63, 3.8) is 0 Å². The van der Waals surface area contributed by atoms with Crippen LogP contribution in [-0.2, 0) is 14.6 Å². The average Bonchev–Trinajstić information content (AvgIpc) is 2.15. The second-order valence-electron chi connectivity index (χ2n) is 3.59. The topological polar surface area (TPSA) is 83.5 Å². The molecule has 1 atom stereocenters. The molecule has 0 radical (unpaired) electrons. The van der Waals surface area contributed by atoms with E-state index >= 15 is 0 Å². The largest absolute Gasteiger partial charge is 0.480 e. The van der Waals surface area contributed by atoms with E-state index in [0.29, 0.717) is 6.92 Å². The first-order chi connectivity index (χ1) is 7.46. The van der Waals surface area contributed by atoms with Crippen LogP contribution in [0.5, 0.6) is 0 Å². The number of carboxylic acids is 1. The molecule has 0 aliphatic carbocycles. The molecule has 17 heavy (non-hydrogen) atoms. The van der Waals surface area contributed by atoms with Crippen molar-refractivity contribution in [2.24, 2.45) is 0 Å². The Kier molecular flexibility index (Phi) is 4.96. The van der Waals surface area contributed by atoms with Crippen LogP contribution in [0.25, 0.3) is 0 Å². The molecule has 0 fully saturated rings. The van der Waals surface area contributed by atoms with Gasteiger partial charge in [-0.25, -0.2) is 13.2 Å². The zero-order valence-corrected chi connectivity index (χ0v) is 10.2. The SMILES string of the molecule is CCS(=O)(=O)CCNC(C)(C(=O)O)C(F)(F)F. The highest BCUT2D eigenvalue weighted by atomic mass is 32.2. The van der Waals surface area contributed by atoms with Gasteiger partial charge in [-0.1, -0.05) is 6.92 Å². The zero-order chi connectivity index (χ0) is 13.9. The summed E-state index contributed by atoms with van der Waals surface area (Å²) in [6, 6.07) is 0. The third kappa shape index (κ3) is 4.15. The van der Waals surface area contributed by atoms with Crippen LogP contribution in [-0.4, -0.2) is 49.3 Å². The van der Waals surface area contributed by atoms with Gasteiger partial charge in [-0.3, -0.25) is 5.32 Å². The Morgan fingerprint density at radius 1 is 1.35 bits per heavy atom. The molecule has 0 amide bonds. The monoisotopic (exact) mass is 277 g/mol. The number of rotatable bonds is 6. The van der Waals surface area contributed by atoms with E-state index in [-0.39, 0.29) is 5.75 Å². The van der Waals surface area contributed by atoms with Gasteiger partial charge in [-0.2, -0.15) is 13.2 Å². The van der Waals surface area contributed by atoms with Crippen molar-refractivity contribution in [1.29, 1.82) is 0 Å². The van der Waals surface area contributed by atoms with Gasteiger partial charge in [0.05, 0.1) is 5.75 Å². The van der Waals surface area contributed by atoms with Crippen LogP contribution in [0.2, 0.25) is 0 Å². The number of sulfone groups is 1. The Hall–Kier alpha value is -0.830. The molecule has 2 N–H and O–H groups in total. The highest BCUT2D eigenvalue weighted by Crippen LogP contribution is 2.30. The Labute approximate surface area is 96.9 Å². The lowest BCUT2D eigenvalue weighted by Gasteiger charge is -2.28. The molecule has 0 spiro atoms. The van der Waals surface area contributed by atoms with Crippen molar-refractivity contribution in [2.75, 3.05) is 18.1 Å². The first-order valence-electron chi connectivity index (χ1n) is 4.72. The molecule has 0 saturated heterocycles. The smallest absolute Gasteiger partial charge is 0.417 e. The van der Waals surface area contributed by atoms with E-state index in [1.807, 2.05) is 0 Å². The summed E-state index contributed by atoms with van der Waals surface area (Å²) in [7, 11) is -3.44. The van der Waals surface area contributed by atoms with Crippen molar-refractivity contribution in [3.8, 4) is 0 Å². The number of hydrogen-bond donors (Lipinski definition) is 2. The van der Waals surface area contributed by atoms with Crippen molar-refractivity contribution >= 4 is 15.8 Å². The van der Waals surface area contributed by atoms with Crippen LogP contribution in [0.1, 0.15) is 13.8 Å². The maximum atomic E-state index is 12.5. The van der Waals surface area contributed by atoms with Crippen molar-refractivity contribution in [1.82, 2.24) is 5.32 Å². The maximum absolute atomic E-state index is 12.5. The number of carbonyl (C=O) groups is 1. The molecule has 102 valence electrons. The normalized spacial score (nSPS) is 16.5. The van der Waals surface area contributed by atoms with Crippen LogP contribution in [0.15, 0.2) is 0 Å². The molecule has 0 aromatic rings. The van der Waals surface area contributed by atoms with Crippen LogP contribution in [0, 0.1) is 0 Å². The number of carboxylic acid groups (broad SMARTS) is 1. The molecule has 0 aliphatic heterocycles. The molecular formula is C8H14F3NO4S. The third-order valence-corrected chi connectivity index (χ3v) is 4.03. The molecule has 0 heterocycles. The maximum Gasteiger partial charge on any atom is 0.417 e. The van der Waals surface area contributed by atoms with E-state index in [4.69, 9.17) is 5.11 Å². The first-order valence-corrected chi connectivity index (χ1v) is 6.54. The summed E-state index contributed by atoms with van der Waals surface area (Å²) >= 11 is 0. The lowest BCUT2D eigenvalue weighted by atomic mass is 10.0. The van der Waals surface area contributed by atoms with Gasteiger partial charge in [0.1, 0.15) is 0 Å². The molecule has 9 heteroatoms. The summed E-state index contributed by atoms with van der Waals surface area (Å²) in [6.07, 6.45) is -5.01. The predicted molar refractivity (Wildman–Crippen MR) is 54.4 cm³/mol. The van der Waals surface area contributed by atoms with Crippen LogP contribution >= 0.6 is 0 Å². The summed E-state index contributed by atoms with van der Waals surface area (Å²) in [5, 5.41) is 10.2. The Bertz CT molecular complexity index is 379. The summed E-state index contributed by atoms with van der Waals surface area (Å²) < 4.78 is 59.5. The summed E-state index contributed by atoms with van der Waals surface area (Å²) in [4.78, 5) is 10.6. The van der Waals surface area contributed by atoms with Gasteiger partial charge in [-0.05, 0) is 6.92 Å². The average molecular weight is 277 g/mol. The molecule has 5 nitrogen and oxygen atoms in total. The minimum absolute atomic E-state index is 0.204. The van der Waals surface area contributed by atoms with Gasteiger partial charge in [0.2, 0.25) is 5.54 Å². The van der Waals surface area contributed by atoms with Crippen LogP contribution in [0.3, 0.4) is 0 Å². The molecule has 0 aliphatic rings. The number of halogens is 3. The molecule has 0 bridgehead atoms. The first kappa shape index (κ1) is 16.2. The second-order valence-corrected chi connectivity index (χ2v) is 6.06. The quantitative estimate of drug-likeness (QED) is 0.735. The fourth-order valence-electron chi connectivity index (χ4n) is 0.898. The number of alkyl halides is 3. The predicted octanol–water partition coefficient (Wildman–Crippen LogP) is 0.416. The minimum Gasteiger partial charge on any atom is -0.480 e. The molecule has 0 aromatic carbocycles. The van der Waals surface area contributed by atoms with E-state index in [1.165, 1.54) is 6.92 Å². The fourth-order valence-corrected chi connectivity index (χ4v) is 1.60. The molecule has 0 rings (SSSR count). The molecular weight excluding hydrogens is 263 g/mol. The lowest BCUT2D eigenvalue weighted by molar-refractivity contribution is -0.205. The van der Waals surface area contributed by atoms with Gasteiger partial charge < -0.3 is 5.11 Å². The second kappa shape index (κ2) is 5.21.